The number of aromatic hydroxyl groups is 1. The molecule has 25 heavy (non-hydrogen) atoms. The van der Waals surface area contributed by atoms with Crippen LogP contribution < -0.4 is 0 Å². The molecule has 0 aliphatic rings. The normalized spacial score (nSPS) is 12.2. The van der Waals surface area contributed by atoms with E-state index in [1.54, 1.807) is 0 Å². The molecule has 0 atom stereocenters. The van der Waals surface area contributed by atoms with Gasteiger partial charge in [-0.15, -0.1) is 0 Å². The molecule has 2 aromatic heterocycles. The van der Waals surface area contributed by atoms with Gasteiger partial charge in [-0.1, -0.05) is 58.5 Å². The van der Waals surface area contributed by atoms with E-state index in [1.807, 2.05) is 30.3 Å². The molecule has 5 aromatic rings. The Morgan fingerprint density at radius 3 is 2.40 bits per heavy atom. The molecule has 0 radical (unpaired) electrons. The van der Waals surface area contributed by atoms with Crippen molar-refractivity contribution in [2.45, 2.75) is 0 Å². The zero-order valence-electron chi connectivity index (χ0n) is 12.3. The summed E-state index contributed by atoms with van der Waals surface area (Å²) in [4.78, 5) is 3.30. The van der Waals surface area contributed by atoms with Crippen LogP contribution in [0, 0.1) is 0 Å². The predicted molar refractivity (Wildman–Crippen MR) is 105 cm³/mol. The fourth-order valence-corrected chi connectivity index (χ4v) is 4.28. The topological polar surface area (TPSA) is 49.2 Å². The molecule has 2 N–H and O–H groups in total. The smallest absolute Gasteiger partial charge is 0.159 e. The number of furan rings is 1. The van der Waals surface area contributed by atoms with Gasteiger partial charge in [-0.2, -0.15) is 0 Å². The molecular weight excluding hydrogens is 404 g/mol. The fourth-order valence-electron chi connectivity index (χ4n) is 3.32. The third-order valence-electron chi connectivity index (χ3n) is 4.43. The summed E-state index contributed by atoms with van der Waals surface area (Å²) >= 11 is 25.0. The van der Waals surface area contributed by atoms with Crippen LogP contribution in [0.15, 0.2) is 34.7 Å². The number of aromatic nitrogens is 1. The first kappa shape index (κ1) is 15.5. The number of hydrogen-bond donors (Lipinski definition) is 2. The molecule has 0 spiro atoms. The van der Waals surface area contributed by atoms with E-state index >= 15 is 0 Å². The standard InChI is InChI=1S/C18H7Cl4NO2/c19-8-3-1-2-6-10-9(23-15(6)8)5-4-7-11-12(20)13(21)16(24)14(22)18(11)25-17(7)10/h1-5,23-24H. The third kappa shape index (κ3) is 1.90. The highest BCUT2D eigenvalue weighted by Crippen LogP contribution is 2.49. The Bertz CT molecular complexity index is 1350. The molecule has 3 aromatic carbocycles. The highest BCUT2D eigenvalue weighted by molar-refractivity contribution is 6.51. The van der Waals surface area contributed by atoms with E-state index in [-0.39, 0.29) is 20.8 Å². The third-order valence-corrected chi connectivity index (χ3v) is 5.94. The van der Waals surface area contributed by atoms with Crippen molar-refractivity contribution < 1.29 is 9.52 Å². The number of phenols is 1. The largest absolute Gasteiger partial charge is 0.505 e. The SMILES string of the molecule is Oc1c(Cl)c(Cl)c2c(oc3c2ccc2[nH]c4c(Cl)cccc4c23)c1Cl. The number of fused-ring (bicyclic) bond motifs is 7. The van der Waals surface area contributed by atoms with Crippen molar-refractivity contribution in [2.75, 3.05) is 0 Å². The van der Waals surface area contributed by atoms with Crippen molar-refractivity contribution in [1.29, 1.82) is 0 Å². The van der Waals surface area contributed by atoms with Gasteiger partial charge in [0.05, 0.1) is 31.9 Å². The van der Waals surface area contributed by atoms with Crippen LogP contribution in [-0.4, -0.2) is 10.1 Å². The maximum absolute atomic E-state index is 10.1. The summed E-state index contributed by atoms with van der Waals surface area (Å²) in [6, 6.07) is 9.46. The molecule has 124 valence electrons. The Hall–Kier alpha value is -1.78. The number of phenolic OH excluding ortho intramolecular Hbond substituents is 1. The molecule has 7 heteroatoms. The van der Waals surface area contributed by atoms with Crippen LogP contribution in [0.5, 0.6) is 5.75 Å². The number of benzene rings is 3. The quantitative estimate of drug-likeness (QED) is 0.259. The van der Waals surface area contributed by atoms with E-state index in [0.717, 1.165) is 27.2 Å². The van der Waals surface area contributed by atoms with E-state index in [9.17, 15) is 5.11 Å². The molecule has 5 rings (SSSR count). The summed E-state index contributed by atoms with van der Waals surface area (Å²) in [7, 11) is 0. The second-order valence-corrected chi connectivity index (χ2v) is 7.29. The Balaban J connectivity index is 2.11. The Kier molecular flexibility index (Phi) is 3.17. The highest BCUT2D eigenvalue weighted by Gasteiger charge is 2.23. The van der Waals surface area contributed by atoms with Crippen molar-refractivity contribution in [1.82, 2.24) is 4.98 Å². The van der Waals surface area contributed by atoms with Crippen molar-refractivity contribution in [2.24, 2.45) is 0 Å². The minimum absolute atomic E-state index is 0.00364. The van der Waals surface area contributed by atoms with Crippen molar-refractivity contribution in [3.8, 4) is 5.75 Å². The molecule has 0 fully saturated rings. The molecular formula is C18H7Cl4NO2. The lowest BCUT2D eigenvalue weighted by Gasteiger charge is -2.03. The summed E-state index contributed by atoms with van der Waals surface area (Å²) in [6.45, 7) is 0. The maximum atomic E-state index is 10.1. The minimum atomic E-state index is -0.293. The number of aromatic amines is 1. The summed E-state index contributed by atoms with van der Waals surface area (Å²) in [6.07, 6.45) is 0. The van der Waals surface area contributed by atoms with Gasteiger partial charge in [0.2, 0.25) is 0 Å². The lowest BCUT2D eigenvalue weighted by molar-refractivity contribution is 0.475. The fraction of sp³-hybridized carbons (Fsp3) is 0. The first-order valence-electron chi connectivity index (χ1n) is 7.29. The van der Waals surface area contributed by atoms with Gasteiger partial charge in [0.15, 0.2) is 11.3 Å². The maximum Gasteiger partial charge on any atom is 0.159 e. The monoisotopic (exact) mass is 409 g/mol. The van der Waals surface area contributed by atoms with Crippen molar-refractivity contribution in [3.63, 3.8) is 0 Å². The van der Waals surface area contributed by atoms with E-state index in [2.05, 4.69) is 4.98 Å². The molecule has 0 saturated heterocycles. The molecule has 0 amide bonds. The number of para-hydroxylation sites is 1. The number of nitrogens with one attached hydrogen (secondary N) is 1. The summed E-state index contributed by atoms with van der Waals surface area (Å²) in [5.41, 5.74) is 2.60. The Morgan fingerprint density at radius 2 is 1.60 bits per heavy atom. The van der Waals surface area contributed by atoms with Gasteiger partial charge in [0.25, 0.3) is 0 Å². The van der Waals surface area contributed by atoms with Gasteiger partial charge >= 0.3 is 0 Å². The predicted octanol–water partition coefficient (Wildman–Crippen LogP) is 7.54. The molecule has 0 aliphatic heterocycles. The first-order chi connectivity index (χ1) is 12.0. The lowest BCUT2D eigenvalue weighted by Crippen LogP contribution is -1.77. The number of rotatable bonds is 0. The molecule has 0 bridgehead atoms. The van der Waals surface area contributed by atoms with Crippen LogP contribution in [0.2, 0.25) is 20.1 Å². The molecule has 0 unspecified atom stereocenters. The molecule has 2 heterocycles. The van der Waals surface area contributed by atoms with Gasteiger partial charge in [-0.05, 0) is 18.2 Å². The van der Waals surface area contributed by atoms with Crippen LogP contribution in [-0.2, 0) is 0 Å². The number of halogens is 4. The average Bonchev–Trinajstić information content (AvgIpc) is 3.17. The second kappa shape index (κ2) is 5.12. The van der Waals surface area contributed by atoms with Crippen LogP contribution in [0.1, 0.15) is 0 Å². The molecule has 3 nitrogen and oxygen atoms in total. The van der Waals surface area contributed by atoms with Gasteiger partial charge in [0, 0.05) is 10.8 Å². The van der Waals surface area contributed by atoms with E-state index in [4.69, 9.17) is 50.8 Å². The van der Waals surface area contributed by atoms with Crippen molar-refractivity contribution >= 4 is 90.1 Å². The number of hydrogen-bond acceptors (Lipinski definition) is 2. The summed E-state index contributed by atoms with van der Waals surface area (Å²) in [5, 5.41) is 14.0. The number of H-pyrrole nitrogens is 1. The first-order valence-corrected chi connectivity index (χ1v) is 8.80. The van der Waals surface area contributed by atoms with Gasteiger partial charge in [-0.3, -0.25) is 0 Å². The summed E-state index contributed by atoms with van der Waals surface area (Å²) < 4.78 is 6.02. The van der Waals surface area contributed by atoms with E-state index < -0.39 is 0 Å². The lowest BCUT2D eigenvalue weighted by atomic mass is 10.1. The Labute approximate surface area is 160 Å². The second-order valence-electron chi connectivity index (χ2n) is 5.75. The molecule has 0 aliphatic carbocycles. The highest BCUT2D eigenvalue weighted by atomic mass is 35.5. The van der Waals surface area contributed by atoms with Crippen molar-refractivity contribution in [3.05, 3.63) is 50.4 Å². The molecule has 0 saturated carbocycles. The van der Waals surface area contributed by atoms with Gasteiger partial charge in [-0.25, -0.2) is 0 Å². The van der Waals surface area contributed by atoms with Crippen LogP contribution in [0.25, 0.3) is 43.7 Å². The summed E-state index contributed by atoms with van der Waals surface area (Å²) in [5.74, 6) is -0.293. The van der Waals surface area contributed by atoms with E-state index in [0.29, 0.717) is 21.6 Å². The Morgan fingerprint density at radius 1 is 0.800 bits per heavy atom. The zero-order valence-corrected chi connectivity index (χ0v) is 15.3. The zero-order chi connectivity index (χ0) is 17.5. The average molecular weight is 411 g/mol. The van der Waals surface area contributed by atoms with Crippen LogP contribution in [0.4, 0.5) is 0 Å². The van der Waals surface area contributed by atoms with Crippen LogP contribution >= 0.6 is 46.4 Å². The minimum Gasteiger partial charge on any atom is -0.505 e. The van der Waals surface area contributed by atoms with Gasteiger partial charge in [0.1, 0.15) is 15.6 Å². The van der Waals surface area contributed by atoms with E-state index in [1.165, 1.54) is 0 Å². The van der Waals surface area contributed by atoms with Gasteiger partial charge < -0.3 is 14.5 Å². The van der Waals surface area contributed by atoms with Crippen LogP contribution in [0.3, 0.4) is 0 Å².